The number of nitrogens with one attached hydrogen (secondary N) is 1. The van der Waals surface area contributed by atoms with Crippen LogP contribution >= 0.6 is 0 Å². The van der Waals surface area contributed by atoms with Crippen molar-refractivity contribution in [3.8, 4) is 0 Å². The molecule has 0 aromatic heterocycles. The fraction of sp³-hybridized carbons (Fsp3) is 1.00. The lowest BCUT2D eigenvalue weighted by Gasteiger charge is -2.26. The molecule has 1 N–H and O–H groups in total. The minimum atomic E-state index is -2.82. The van der Waals surface area contributed by atoms with Gasteiger partial charge in [0.25, 0.3) is 0 Å². The van der Waals surface area contributed by atoms with Crippen LogP contribution in [-0.4, -0.2) is 45.7 Å². The Morgan fingerprint density at radius 1 is 1.39 bits per heavy atom. The van der Waals surface area contributed by atoms with Crippen molar-refractivity contribution < 1.29 is 13.2 Å². The number of hydrogen-bond donors (Lipinski definition) is 1. The first-order valence-electron chi connectivity index (χ1n) is 7.06. The third-order valence-electron chi connectivity index (χ3n) is 3.68. The molecule has 18 heavy (non-hydrogen) atoms. The zero-order valence-electron chi connectivity index (χ0n) is 11.7. The van der Waals surface area contributed by atoms with Gasteiger partial charge in [-0.1, -0.05) is 6.92 Å². The van der Waals surface area contributed by atoms with Crippen molar-refractivity contribution >= 4 is 9.84 Å². The molecular weight excluding hydrogens is 250 g/mol. The summed E-state index contributed by atoms with van der Waals surface area (Å²) in [4.78, 5) is 0. The molecule has 0 spiro atoms. The zero-order chi connectivity index (χ0) is 13.4. The molecule has 0 bridgehead atoms. The van der Waals surface area contributed by atoms with E-state index in [1.807, 2.05) is 7.05 Å². The number of ether oxygens (including phenoxy) is 1. The van der Waals surface area contributed by atoms with Gasteiger partial charge in [0.15, 0.2) is 0 Å². The summed E-state index contributed by atoms with van der Waals surface area (Å²) in [6, 6.07) is 0.375. The number of hydrogen-bond acceptors (Lipinski definition) is 4. The Kier molecular flexibility index (Phi) is 7.19. The highest BCUT2D eigenvalue weighted by molar-refractivity contribution is 7.91. The maximum Gasteiger partial charge on any atom is 0.150 e. The maximum absolute atomic E-state index is 11.4. The second kappa shape index (κ2) is 8.12. The van der Waals surface area contributed by atoms with Crippen LogP contribution in [0.25, 0.3) is 0 Å². The van der Waals surface area contributed by atoms with Crippen LogP contribution in [0.2, 0.25) is 0 Å². The average molecular weight is 277 g/mol. The first kappa shape index (κ1) is 15.9. The summed E-state index contributed by atoms with van der Waals surface area (Å²) < 4.78 is 28.5. The van der Waals surface area contributed by atoms with Crippen LogP contribution < -0.4 is 5.32 Å². The lowest BCUT2D eigenvalue weighted by atomic mass is 9.99. The van der Waals surface area contributed by atoms with E-state index in [1.165, 1.54) is 12.8 Å². The number of sulfone groups is 1. The minimum Gasteiger partial charge on any atom is -0.378 e. The van der Waals surface area contributed by atoms with Gasteiger partial charge < -0.3 is 10.1 Å². The summed E-state index contributed by atoms with van der Waals surface area (Å²) in [6.45, 7) is 2.59. The van der Waals surface area contributed by atoms with E-state index in [-0.39, 0.29) is 5.75 Å². The molecule has 1 saturated heterocycles. The Hall–Kier alpha value is -0.130. The summed E-state index contributed by atoms with van der Waals surface area (Å²) in [6.07, 6.45) is 6.60. The largest absolute Gasteiger partial charge is 0.378 e. The molecule has 2 unspecified atom stereocenters. The molecule has 4 nitrogen and oxygen atoms in total. The highest BCUT2D eigenvalue weighted by atomic mass is 32.2. The molecule has 0 amide bonds. The molecule has 1 fully saturated rings. The Morgan fingerprint density at radius 3 is 2.72 bits per heavy atom. The van der Waals surface area contributed by atoms with Crippen LogP contribution in [0.4, 0.5) is 0 Å². The SMILES string of the molecule is CCS(=O)(=O)CCCC(CC1CCCCO1)NC. The maximum atomic E-state index is 11.4. The van der Waals surface area contributed by atoms with Crippen LogP contribution in [0, 0.1) is 0 Å². The fourth-order valence-corrected chi connectivity index (χ4v) is 3.28. The van der Waals surface area contributed by atoms with Gasteiger partial charge in [0, 0.05) is 18.4 Å². The predicted octanol–water partition coefficient (Wildman–Crippen LogP) is 1.75. The standard InChI is InChI=1S/C13H27NO3S/c1-3-18(15,16)10-6-7-12(14-2)11-13-8-4-5-9-17-13/h12-14H,3-11H2,1-2H3. The van der Waals surface area contributed by atoms with E-state index in [4.69, 9.17) is 4.74 Å². The van der Waals surface area contributed by atoms with Crippen LogP contribution in [0.1, 0.15) is 45.4 Å². The van der Waals surface area contributed by atoms with Gasteiger partial charge in [-0.3, -0.25) is 0 Å². The van der Waals surface area contributed by atoms with E-state index < -0.39 is 9.84 Å². The van der Waals surface area contributed by atoms with E-state index in [9.17, 15) is 8.42 Å². The summed E-state index contributed by atoms with van der Waals surface area (Å²) in [7, 11) is -0.869. The Labute approximate surface area is 111 Å². The van der Waals surface area contributed by atoms with E-state index >= 15 is 0 Å². The van der Waals surface area contributed by atoms with Crippen LogP contribution in [0.5, 0.6) is 0 Å². The van der Waals surface area contributed by atoms with Gasteiger partial charge >= 0.3 is 0 Å². The first-order chi connectivity index (χ1) is 8.57. The topological polar surface area (TPSA) is 55.4 Å². The van der Waals surface area contributed by atoms with E-state index in [1.54, 1.807) is 6.92 Å². The Morgan fingerprint density at radius 2 is 2.17 bits per heavy atom. The summed E-state index contributed by atoms with van der Waals surface area (Å²) in [5, 5.41) is 3.28. The first-order valence-corrected chi connectivity index (χ1v) is 8.89. The summed E-state index contributed by atoms with van der Waals surface area (Å²) in [5.74, 6) is 0.566. The third kappa shape index (κ3) is 6.16. The van der Waals surface area contributed by atoms with Crippen molar-refractivity contribution in [3.63, 3.8) is 0 Å². The van der Waals surface area contributed by atoms with E-state index in [2.05, 4.69) is 5.32 Å². The smallest absolute Gasteiger partial charge is 0.150 e. The van der Waals surface area contributed by atoms with Crippen molar-refractivity contribution in [1.82, 2.24) is 5.32 Å². The molecule has 1 aliphatic heterocycles. The van der Waals surface area contributed by atoms with Crippen molar-refractivity contribution in [2.75, 3.05) is 25.2 Å². The molecule has 0 aromatic carbocycles. The Bertz CT molecular complexity index is 310. The van der Waals surface area contributed by atoms with Gasteiger partial charge in [-0.25, -0.2) is 8.42 Å². The molecule has 0 saturated carbocycles. The van der Waals surface area contributed by atoms with Crippen LogP contribution in [-0.2, 0) is 14.6 Å². The van der Waals surface area contributed by atoms with Crippen molar-refractivity contribution in [1.29, 1.82) is 0 Å². The summed E-state index contributed by atoms with van der Waals surface area (Å²) >= 11 is 0. The third-order valence-corrected chi connectivity index (χ3v) is 5.47. The minimum absolute atomic E-state index is 0.253. The molecule has 0 radical (unpaired) electrons. The van der Waals surface area contributed by atoms with E-state index in [0.29, 0.717) is 17.9 Å². The monoisotopic (exact) mass is 277 g/mol. The van der Waals surface area contributed by atoms with Gasteiger partial charge in [-0.15, -0.1) is 0 Å². The molecule has 0 aliphatic carbocycles. The van der Waals surface area contributed by atoms with E-state index in [0.717, 1.165) is 32.3 Å². The second-order valence-electron chi connectivity index (χ2n) is 5.09. The van der Waals surface area contributed by atoms with Crippen LogP contribution in [0.15, 0.2) is 0 Å². The summed E-state index contributed by atoms with van der Waals surface area (Å²) in [5.41, 5.74) is 0. The lowest BCUT2D eigenvalue weighted by Crippen LogP contribution is -2.33. The molecule has 1 heterocycles. The molecule has 1 rings (SSSR count). The van der Waals surface area contributed by atoms with Crippen molar-refractivity contribution in [3.05, 3.63) is 0 Å². The van der Waals surface area contributed by atoms with Gasteiger partial charge in [0.05, 0.1) is 11.9 Å². The lowest BCUT2D eigenvalue weighted by molar-refractivity contribution is 0.00515. The van der Waals surface area contributed by atoms with Crippen LogP contribution in [0.3, 0.4) is 0 Å². The highest BCUT2D eigenvalue weighted by Crippen LogP contribution is 2.18. The predicted molar refractivity (Wildman–Crippen MR) is 74.6 cm³/mol. The Balaban J connectivity index is 2.24. The van der Waals surface area contributed by atoms with Gasteiger partial charge in [-0.05, 0) is 45.6 Å². The second-order valence-corrected chi connectivity index (χ2v) is 7.56. The van der Waals surface area contributed by atoms with Gasteiger partial charge in [0.2, 0.25) is 0 Å². The molecule has 5 heteroatoms. The number of rotatable bonds is 8. The molecule has 108 valence electrons. The molecular formula is C13H27NO3S. The fourth-order valence-electron chi connectivity index (χ4n) is 2.38. The molecule has 0 aromatic rings. The normalized spacial score (nSPS) is 22.9. The highest BCUT2D eigenvalue weighted by Gasteiger charge is 2.19. The zero-order valence-corrected chi connectivity index (χ0v) is 12.5. The van der Waals surface area contributed by atoms with Gasteiger partial charge in [-0.2, -0.15) is 0 Å². The quantitative estimate of drug-likeness (QED) is 0.734. The van der Waals surface area contributed by atoms with Crippen molar-refractivity contribution in [2.45, 2.75) is 57.6 Å². The van der Waals surface area contributed by atoms with Gasteiger partial charge in [0.1, 0.15) is 9.84 Å². The van der Waals surface area contributed by atoms with Crippen molar-refractivity contribution in [2.24, 2.45) is 0 Å². The average Bonchev–Trinajstić information content (AvgIpc) is 2.38. The molecule has 2 atom stereocenters. The molecule has 1 aliphatic rings.